The standard InChI is InChI=1S/C15H28N4/c1-13(2)12-19-9-5-14(6-10-19)16-7-4-15-17-8-11-18(15)3/h8,11,13-14,16H,4-7,9-10,12H2,1-3H3. The van der Waals surface area contributed by atoms with Crippen molar-refractivity contribution in [2.45, 2.75) is 39.2 Å². The van der Waals surface area contributed by atoms with Gasteiger partial charge < -0.3 is 14.8 Å². The van der Waals surface area contributed by atoms with Crippen molar-refractivity contribution >= 4 is 0 Å². The van der Waals surface area contributed by atoms with E-state index in [-0.39, 0.29) is 0 Å². The predicted octanol–water partition coefficient (Wildman–Crippen LogP) is 1.67. The molecule has 0 atom stereocenters. The molecule has 1 fully saturated rings. The summed E-state index contributed by atoms with van der Waals surface area (Å²) in [5.74, 6) is 1.96. The molecule has 0 aromatic carbocycles. The Balaban J connectivity index is 1.62. The van der Waals surface area contributed by atoms with Crippen LogP contribution in [0.4, 0.5) is 0 Å². The van der Waals surface area contributed by atoms with Gasteiger partial charge >= 0.3 is 0 Å². The summed E-state index contributed by atoms with van der Waals surface area (Å²) in [4.78, 5) is 6.96. The zero-order valence-corrected chi connectivity index (χ0v) is 12.6. The van der Waals surface area contributed by atoms with Gasteiger partial charge in [0.05, 0.1) is 0 Å². The first-order valence-electron chi connectivity index (χ1n) is 7.57. The molecule has 0 aliphatic carbocycles. The largest absolute Gasteiger partial charge is 0.338 e. The normalized spacial score (nSPS) is 18.3. The molecular weight excluding hydrogens is 236 g/mol. The molecule has 0 saturated carbocycles. The summed E-state index contributed by atoms with van der Waals surface area (Å²) in [5.41, 5.74) is 0. The van der Waals surface area contributed by atoms with E-state index in [1.807, 2.05) is 12.4 Å². The second-order valence-corrected chi connectivity index (χ2v) is 6.13. The van der Waals surface area contributed by atoms with Crippen molar-refractivity contribution in [1.29, 1.82) is 0 Å². The number of likely N-dealkylation sites (tertiary alicyclic amines) is 1. The van der Waals surface area contributed by atoms with Crippen molar-refractivity contribution < 1.29 is 0 Å². The van der Waals surface area contributed by atoms with Gasteiger partial charge in [-0.05, 0) is 31.8 Å². The number of imidazole rings is 1. The van der Waals surface area contributed by atoms with Crippen LogP contribution in [0.5, 0.6) is 0 Å². The first-order chi connectivity index (χ1) is 9.15. The Labute approximate surface area is 117 Å². The highest BCUT2D eigenvalue weighted by Crippen LogP contribution is 2.12. The summed E-state index contributed by atoms with van der Waals surface area (Å²) in [6.07, 6.45) is 7.48. The van der Waals surface area contributed by atoms with E-state index in [9.17, 15) is 0 Å². The summed E-state index contributed by atoms with van der Waals surface area (Å²) in [7, 11) is 2.06. The highest BCUT2D eigenvalue weighted by Gasteiger charge is 2.18. The van der Waals surface area contributed by atoms with Crippen molar-refractivity contribution in [3.8, 4) is 0 Å². The summed E-state index contributed by atoms with van der Waals surface area (Å²) < 4.78 is 2.10. The minimum absolute atomic E-state index is 0.698. The Hall–Kier alpha value is -0.870. The molecule has 1 aromatic rings. The highest BCUT2D eigenvalue weighted by molar-refractivity contribution is 4.92. The fourth-order valence-corrected chi connectivity index (χ4v) is 2.86. The van der Waals surface area contributed by atoms with E-state index < -0.39 is 0 Å². The smallest absolute Gasteiger partial charge is 0.109 e. The van der Waals surface area contributed by atoms with Crippen LogP contribution < -0.4 is 5.32 Å². The van der Waals surface area contributed by atoms with Crippen LogP contribution in [0.25, 0.3) is 0 Å². The molecule has 1 aliphatic heterocycles. The summed E-state index contributed by atoms with van der Waals surface area (Å²) >= 11 is 0. The van der Waals surface area contributed by atoms with Crippen molar-refractivity contribution in [2.75, 3.05) is 26.2 Å². The van der Waals surface area contributed by atoms with Crippen molar-refractivity contribution in [2.24, 2.45) is 13.0 Å². The quantitative estimate of drug-likeness (QED) is 0.848. The average Bonchev–Trinajstić information content (AvgIpc) is 2.77. The maximum Gasteiger partial charge on any atom is 0.109 e. The lowest BCUT2D eigenvalue weighted by atomic mass is 10.0. The van der Waals surface area contributed by atoms with Gasteiger partial charge in [-0.2, -0.15) is 0 Å². The van der Waals surface area contributed by atoms with Gasteiger partial charge in [0.1, 0.15) is 5.82 Å². The Bertz CT molecular complexity index is 364. The Morgan fingerprint density at radius 2 is 2.11 bits per heavy atom. The zero-order chi connectivity index (χ0) is 13.7. The molecule has 0 spiro atoms. The number of hydrogen-bond acceptors (Lipinski definition) is 3. The fourth-order valence-electron chi connectivity index (χ4n) is 2.86. The molecular formula is C15H28N4. The van der Waals surface area contributed by atoms with Crippen LogP contribution in [0.2, 0.25) is 0 Å². The molecule has 2 heterocycles. The lowest BCUT2D eigenvalue weighted by molar-refractivity contribution is 0.180. The van der Waals surface area contributed by atoms with E-state index in [1.165, 1.54) is 38.3 Å². The lowest BCUT2D eigenvalue weighted by Gasteiger charge is -2.33. The zero-order valence-electron chi connectivity index (χ0n) is 12.6. The number of hydrogen-bond donors (Lipinski definition) is 1. The second kappa shape index (κ2) is 7.06. The van der Waals surface area contributed by atoms with E-state index >= 15 is 0 Å². The third-order valence-corrected chi connectivity index (χ3v) is 3.91. The van der Waals surface area contributed by atoms with Crippen LogP contribution in [0.1, 0.15) is 32.5 Å². The molecule has 0 unspecified atom stereocenters. The molecule has 1 N–H and O–H groups in total. The van der Waals surface area contributed by atoms with Crippen LogP contribution in [-0.4, -0.2) is 46.7 Å². The summed E-state index contributed by atoms with van der Waals surface area (Å²) in [6, 6.07) is 0.698. The van der Waals surface area contributed by atoms with Gasteiger partial charge in [-0.15, -0.1) is 0 Å². The molecule has 19 heavy (non-hydrogen) atoms. The van der Waals surface area contributed by atoms with E-state index in [1.54, 1.807) is 0 Å². The van der Waals surface area contributed by atoms with Gasteiger partial charge in [-0.25, -0.2) is 4.98 Å². The average molecular weight is 264 g/mol. The molecule has 4 nitrogen and oxygen atoms in total. The molecule has 0 bridgehead atoms. The Morgan fingerprint density at radius 1 is 1.37 bits per heavy atom. The summed E-state index contributed by atoms with van der Waals surface area (Å²) in [5, 5.41) is 3.68. The molecule has 108 valence electrons. The number of nitrogens with one attached hydrogen (secondary N) is 1. The predicted molar refractivity (Wildman–Crippen MR) is 79.2 cm³/mol. The van der Waals surface area contributed by atoms with E-state index in [0.29, 0.717) is 6.04 Å². The number of rotatable bonds is 6. The summed E-state index contributed by atoms with van der Waals surface area (Å²) in [6.45, 7) is 9.39. The molecule has 0 radical (unpaired) electrons. The van der Waals surface area contributed by atoms with Crippen LogP contribution >= 0.6 is 0 Å². The Kier molecular flexibility index (Phi) is 5.40. The molecule has 0 amide bonds. The van der Waals surface area contributed by atoms with Crippen LogP contribution in [-0.2, 0) is 13.5 Å². The van der Waals surface area contributed by atoms with Crippen LogP contribution in [0.15, 0.2) is 12.4 Å². The van der Waals surface area contributed by atoms with Crippen molar-refractivity contribution in [1.82, 2.24) is 19.8 Å². The minimum Gasteiger partial charge on any atom is -0.338 e. The van der Waals surface area contributed by atoms with Crippen molar-refractivity contribution in [3.05, 3.63) is 18.2 Å². The first kappa shape index (κ1) is 14.5. The molecule has 1 aliphatic rings. The van der Waals surface area contributed by atoms with Gasteiger partial charge in [0, 0.05) is 45.0 Å². The van der Waals surface area contributed by atoms with Gasteiger partial charge in [-0.3, -0.25) is 0 Å². The molecule has 2 rings (SSSR count). The third-order valence-electron chi connectivity index (χ3n) is 3.91. The Morgan fingerprint density at radius 3 is 2.68 bits per heavy atom. The lowest BCUT2D eigenvalue weighted by Crippen LogP contribution is -2.44. The maximum atomic E-state index is 4.36. The number of aryl methyl sites for hydroxylation is 1. The van der Waals surface area contributed by atoms with Gasteiger partial charge in [-0.1, -0.05) is 13.8 Å². The van der Waals surface area contributed by atoms with E-state index in [4.69, 9.17) is 0 Å². The van der Waals surface area contributed by atoms with Crippen LogP contribution in [0.3, 0.4) is 0 Å². The van der Waals surface area contributed by atoms with Crippen LogP contribution in [0, 0.1) is 5.92 Å². The van der Waals surface area contributed by atoms with Crippen molar-refractivity contribution in [3.63, 3.8) is 0 Å². The van der Waals surface area contributed by atoms with E-state index in [2.05, 4.69) is 40.7 Å². The number of piperidine rings is 1. The van der Waals surface area contributed by atoms with Gasteiger partial charge in [0.2, 0.25) is 0 Å². The van der Waals surface area contributed by atoms with Gasteiger partial charge in [0.25, 0.3) is 0 Å². The second-order valence-electron chi connectivity index (χ2n) is 6.13. The topological polar surface area (TPSA) is 33.1 Å². The minimum atomic E-state index is 0.698. The highest BCUT2D eigenvalue weighted by atomic mass is 15.1. The fraction of sp³-hybridized carbons (Fsp3) is 0.800. The van der Waals surface area contributed by atoms with Gasteiger partial charge in [0.15, 0.2) is 0 Å². The molecule has 1 saturated heterocycles. The monoisotopic (exact) mass is 264 g/mol. The molecule has 4 heteroatoms. The SMILES string of the molecule is CC(C)CN1CCC(NCCc2nccn2C)CC1. The maximum absolute atomic E-state index is 4.36. The third kappa shape index (κ3) is 4.62. The molecule has 1 aromatic heterocycles. The van der Waals surface area contributed by atoms with E-state index in [0.717, 1.165) is 18.9 Å². The number of aromatic nitrogens is 2. The number of nitrogens with zero attached hydrogens (tertiary/aromatic N) is 3. The first-order valence-corrected chi connectivity index (χ1v) is 7.57.